The first-order valence-electron chi connectivity index (χ1n) is 13.1. The lowest BCUT2D eigenvalue weighted by Gasteiger charge is -2.27. The van der Waals surface area contributed by atoms with Crippen molar-refractivity contribution in [2.45, 2.75) is 65.2 Å². The van der Waals surface area contributed by atoms with Gasteiger partial charge < -0.3 is 15.4 Å². The van der Waals surface area contributed by atoms with Gasteiger partial charge >= 0.3 is 12.4 Å². The maximum absolute atomic E-state index is 12.4. The minimum atomic E-state index is -4.68. The Morgan fingerprint density at radius 2 is 2.00 bits per heavy atom. The first-order chi connectivity index (χ1) is 18.5. The molecule has 208 valence electrons. The molecule has 39 heavy (non-hydrogen) atoms. The summed E-state index contributed by atoms with van der Waals surface area (Å²) in [6.07, 6.45) is 9.11. The van der Waals surface area contributed by atoms with Crippen molar-refractivity contribution in [3.63, 3.8) is 0 Å². The molecule has 2 aliphatic rings. The number of aromatic nitrogens is 3. The van der Waals surface area contributed by atoms with Crippen LogP contribution in [0.5, 0.6) is 0 Å². The van der Waals surface area contributed by atoms with Gasteiger partial charge in [0.15, 0.2) is 5.82 Å². The highest BCUT2D eigenvalue weighted by molar-refractivity contribution is 5.90. The molecule has 1 aromatic carbocycles. The zero-order valence-corrected chi connectivity index (χ0v) is 22.4. The van der Waals surface area contributed by atoms with Crippen LogP contribution >= 0.6 is 0 Å². The van der Waals surface area contributed by atoms with Crippen LogP contribution in [0.25, 0.3) is 11.3 Å². The number of carbonyl (C=O) groups excluding carboxylic acids is 1. The Morgan fingerprint density at radius 1 is 1.21 bits per heavy atom. The molecule has 7 nitrogen and oxygen atoms in total. The molecular weight excluding hydrogens is 507 g/mol. The van der Waals surface area contributed by atoms with Crippen molar-refractivity contribution in [2.24, 2.45) is 5.41 Å². The maximum Gasteiger partial charge on any atom is 0.572 e. The van der Waals surface area contributed by atoms with Crippen LogP contribution in [0.4, 0.5) is 23.7 Å². The van der Waals surface area contributed by atoms with Crippen LogP contribution in [0.3, 0.4) is 0 Å². The number of nitrogens with zero attached hydrogens (tertiary/aromatic N) is 3. The summed E-state index contributed by atoms with van der Waals surface area (Å²) >= 11 is 0. The van der Waals surface area contributed by atoms with Gasteiger partial charge in [-0.1, -0.05) is 57.2 Å². The zero-order chi connectivity index (χ0) is 28.0. The number of hydrogen-bond acceptors (Lipinski definition) is 4. The molecule has 1 heterocycles. The average molecular weight is 542 g/mol. The summed E-state index contributed by atoms with van der Waals surface area (Å²) in [6, 6.07) is 7.62. The third-order valence-electron chi connectivity index (χ3n) is 6.88. The topological polar surface area (TPSA) is 81.1 Å². The minimum absolute atomic E-state index is 0.0416. The second-order valence-corrected chi connectivity index (χ2v) is 10.4. The monoisotopic (exact) mass is 541 g/mol. The SMILES string of the molecule is CC(C)c1ccccc1NC(=O)NCCCC1(C)C=CC(c2ncn(C3=CC=C(OC(F)(F)F)CC3)n2)=CC1. The highest BCUT2D eigenvalue weighted by Crippen LogP contribution is 2.36. The molecule has 2 aliphatic carbocycles. The molecule has 2 aromatic rings. The van der Waals surface area contributed by atoms with Crippen molar-refractivity contribution in [1.82, 2.24) is 20.1 Å². The van der Waals surface area contributed by atoms with Crippen LogP contribution in [-0.2, 0) is 4.74 Å². The van der Waals surface area contributed by atoms with E-state index < -0.39 is 6.36 Å². The molecule has 0 bridgehead atoms. The second-order valence-electron chi connectivity index (χ2n) is 10.4. The molecule has 1 aromatic heterocycles. The van der Waals surface area contributed by atoms with Gasteiger partial charge in [0.1, 0.15) is 12.1 Å². The van der Waals surface area contributed by atoms with Crippen LogP contribution in [0, 0.1) is 5.41 Å². The molecule has 0 spiro atoms. The zero-order valence-electron chi connectivity index (χ0n) is 22.4. The Labute approximate surface area is 226 Å². The molecule has 2 N–H and O–H groups in total. The van der Waals surface area contributed by atoms with Gasteiger partial charge in [-0.25, -0.2) is 14.5 Å². The lowest BCUT2D eigenvalue weighted by Crippen LogP contribution is -2.30. The Morgan fingerprint density at radius 3 is 2.67 bits per heavy atom. The summed E-state index contributed by atoms with van der Waals surface area (Å²) in [4.78, 5) is 16.8. The summed E-state index contributed by atoms with van der Waals surface area (Å²) in [5, 5.41) is 10.4. The number of benzene rings is 1. The molecule has 2 amide bonds. The van der Waals surface area contributed by atoms with Crippen molar-refractivity contribution in [3.05, 3.63) is 78.1 Å². The fourth-order valence-corrected chi connectivity index (χ4v) is 4.66. The molecule has 0 saturated carbocycles. The molecule has 0 saturated heterocycles. The first kappa shape index (κ1) is 28.2. The van der Waals surface area contributed by atoms with Crippen molar-refractivity contribution in [2.75, 3.05) is 11.9 Å². The van der Waals surface area contributed by atoms with Crippen LogP contribution in [0.2, 0.25) is 0 Å². The van der Waals surface area contributed by atoms with Gasteiger partial charge in [-0.3, -0.25) is 0 Å². The highest BCUT2D eigenvalue weighted by atomic mass is 19.4. The summed E-state index contributed by atoms with van der Waals surface area (Å²) in [7, 11) is 0. The number of amides is 2. The normalized spacial score (nSPS) is 19.3. The van der Waals surface area contributed by atoms with E-state index in [1.54, 1.807) is 17.1 Å². The Balaban J connectivity index is 1.24. The number of allylic oxidation sites excluding steroid dienone is 8. The van der Waals surface area contributed by atoms with E-state index in [-0.39, 0.29) is 23.6 Å². The van der Waals surface area contributed by atoms with Crippen molar-refractivity contribution in [1.29, 1.82) is 0 Å². The van der Waals surface area contributed by atoms with Crippen molar-refractivity contribution < 1.29 is 22.7 Å². The lowest BCUT2D eigenvalue weighted by atomic mass is 9.78. The van der Waals surface area contributed by atoms with Crippen LogP contribution in [0.15, 0.2) is 66.7 Å². The Bertz CT molecular complexity index is 1310. The van der Waals surface area contributed by atoms with Crippen LogP contribution < -0.4 is 10.6 Å². The smallest absolute Gasteiger partial charge is 0.410 e. The summed E-state index contributed by atoms with van der Waals surface area (Å²) < 4.78 is 42.8. The lowest BCUT2D eigenvalue weighted by molar-refractivity contribution is -0.306. The van der Waals surface area contributed by atoms with Gasteiger partial charge in [-0.2, -0.15) is 0 Å². The van der Waals surface area contributed by atoms with E-state index in [4.69, 9.17) is 0 Å². The summed E-state index contributed by atoms with van der Waals surface area (Å²) in [6.45, 7) is 6.95. The molecule has 10 heteroatoms. The number of anilines is 1. The van der Waals surface area contributed by atoms with E-state index in [1.165, 1.54) is 6.08 Å². The number of urea groups is 1. The molecular formula is C29H34F3N5O2. The van der Waals surface area contributed by atoms with Gasteiger partial charge in [-0.15, -0.1) is 18.3 Å². The molecule has 0 radical (unpaired) electrons. The van der Waals surface area contributed by atoms with Crippen LogP contribution in [-0.4, -0.2) is 33.7 Å². The standard InChI is InChI=1S/C29H34F3N5O2/c1-20(2)24-7-4-5-8-25(24)35-27(38)33-18-6-15-28(3)16-13-21(14-17-28)26-34-19-37(36-26)22-9-11-23(12-10-22)39-29(30,31)32/h4-5,7-9,11,13-14,16,19-20H,6,10,12,15,17-18H2,1-3H3,(H2,33,35,38). The fourth-order valence-electron chi connectivity index (χ4n) is 4.66. The van der Waals surface area contributed by atoms with Crippen LogP contribution in [0.1, 0.15) is 70.2 Å². The van der Waals surface area contributed by atoms with Crippen molar-refractivity contribution in [3.8, 4) is 0 Å². The Hall–Kier alpha value is -3.82. The minimum Gasteiger partial charge on any atom is -0.410 e. The first-order valence-corrected chi connectivity index (χ1v) is 13.1. The molecule has 0 fully saturated rings. The molecule has 0 aliphatic heterocycles. The van der Waals surface area contributed by atoms with E-state index in [9.17, 15) is 18.0 Å². The van der Waals surface area contributed by atoms with E-state index in [1.807, 2.05) is 30.3 Å². The Kier molecular flexibility index (Phi) is 8.62. The molecule has 4 rings (SSSR count). The third-order valence-corrected chi connectivity index (χ3v) is 6.88. The van der Waals surface area contributed by atoms with Crippen molar-refractivity contribution >= 4 is 23.0 Å². The quantitative estimate of drug-likeness (QED) is 0.324. The number of para-hydroxylation sites is 1. The summed E-state index contributed by atoms with van der Waals surface area (Å²) in [5.41, 5.74) is 3.54. The highest BCUT2D eigenvalue weighted by Gasteiger charge is 2.32. The predicted molar refractivity (Wildman–Crippen MR) is 145 cm³/mol. The fraction of sp³-hybridized carbons (Fsp3) is 0.414. The number of rotatable bonds is 9. The average Bonchev–Trinajstić information content (AvgIpc) is 3.37. The van der Waals surface area contributed by atoms with Gasteiger partial charge in [0, 0.05) is 29.9 Å². The van der Waals surface area contributed by atoms with Gasteiger partial charge in [0.2, 0.25) is 0 Å². The van der Waals surface area contributed by atoms with Gasteiger partial charge in [0.25, 0.3) is 0 Å². The largest absolute Gasteiger partial charge is 0.572 e. The number of halogens is 3. The number of alkyl halides is 3. The number of carbonyl (C=O) groups is 1. The van der Waals surface area contributed by atoms with E-state index in [2.05, 4.69) is 58.4 Å². The molecule has 1 atom stereocenters. The number of ether oxygens (including phenoxy) is 1. The van der Waals surface area contributed by atoms with E-state index in [0.717, 1.165) is 41.8 Å². The maximum atomic E-state index is 12.4. The predicted octanol–water partition coefficient (Wildman–Crippen LogP) is 7.41. The van der Waals surface area contributed by atoms with E-state index >= 15 is 0 Å². The van der Waals surface area contributed by atoms with Gasteiger partial charge in [0.05, 0.1) is 0 Å². The third kappa shape index (κ3) is 7.84. The molecule has 1 unspecified atom stereocenters. The number of nitrogens with one attached hydrogen (secondary N) is 2. The number of hydrogen-bond donors (Lipinski definition) is 2. The second kappa shape index (κ2) is 11.9. The van der Waals surface area contributed by atoms with E-state index in [0.29, 0.717) is 24.7 Å². The summed E-state index contributed by atoms with van der Waals surface area (Å²) in [5.74, 6) is 0.768. The van der Waals surface area contributed by atoms with Gasteiger partial charge in [-0.05, 0) is 60.8 Å².